The molecular weight excluding hydrogens is 682 g/mol. The minimum Gasteiger partial charge on any atom is -0.457 e. The number of fused-ring (bicyclic) bond motifs is 12. The Kier molecular flexibility index (Phi) is 7.46. The molecule has 54 heavy (non-hydrogen) atoms. The Bertz CT molecular complexity index is 2820. The van der Waals surface area contributed by atoms with Crippen LogP contribution in [0.25, 0.3) is 38.6 Å². The van der Waals surface area contributed by atoms with Gasteiger partial charge in [0.25, 0.3) is 0 Å². The third-order valence-corrected chi connectivity index (χ3v) is 11.2. The summed E-state index contributed by atoms with van der Waals surface area (Å²) in [4.78, 5) is 2.36. The van der Waals surface area contributed by atoms with Gasteiger partial charge in [-0.25, -0.2) is 0 Å². The van der Waals surface area contributed by atoms with Gasteiger partial charge in [-0.2, -0.15) is 0 Å². The predicted octanol–water partition coefficient (Wildman–Crippen LogP) is 14.3. The Balaban J connectivity index is 1.31. The summed E-state index contributed by atoms with van der Waals surface area (Å²) in [5.41, 5.74) is 12.3. The van der Waals surface area contributed by atoms with E-state index in [9.17, 15) is 0 Å². The van der Waals surface area contributed by atoms with Crippen molar-refractivity contribution in [1.82, 2.24) is 0 Å². The molecule has 0 unspecified atom stereocenters. The summed E-state index contributed by atoms with van der Waals surface area (Å²) in [5.74, 6) is 1.68. The van der Waals surface area contributed by atoms with E-state index in [-0.39, 0.29) is 0 Å². The molecule has 3 nitrogen and oxygen atoms in total. The molecular formula is C50H34ClNO2. The number of ether oxygens (including phenoxy) is 1. The van der Waals surface area contributed by atoms with Crippen LogP contribution in [0.5, 0.6) is 11.5 Å². The second kappa shape index (κ2) is 12.5. The summed E-state index contributed by atoms with van der Waals surface area (Å²) in [5, 5.41) is 2.77. The number of nitrogens with zero attached hydrogens (tertiary/aromatic N) is 1. The van der Waals surface area contributed by atoms with Gasteiger partial charge in [-0.3, -0.25) is 0 Å². The number of hydrogen-bond donors (Lipinski definition) is 0. The Morgan fingerprint density at radius 3 is 2.04 bits per heavy atom. The summed E-state index contributed by atoms with van der Waals surface area (Å²) < 4.78 is 13.2. The van der Waals surface area contributed by atoms with Gasteiger partial charge in [0, 0.05) is 55.0 Å². The Morgan fingerprint density at radius 1 is 0.630 bits per heavy atom. The highest BCUT2D eigenvalue weighted by atomic mass is 35.5. The lowest BCUT2D eigenvalue weighted by atomic mass is 9.66. The van der Waals surface area contributed by atoms with E-state index in [1.165, 1.54) is 0 Å². The minimum absolute atomic E-state index is 0.666. The zero-order valence-corrected chi connectivity index (χ0v) is 30.3. The van der Waals surface area contributed by atoms with Crippen molar-refractivity contribution in [3.05, 3.63) is 215 Å². The molecule has 2 heterocycles. The first-order valence-corrected chi connectivity index (χ1v) is 18.6. The highest BCUT2D eigenvalue weighted by molar-refractivity contribution is 6.34. The van der Waals surface area contributed by atoms with Crippen LogP contribution >= 0.6 is 11.6 Å². The Hall–Kier alpha value is -6.55. The first-order chi connectivity index (χ1) is 26.6. The maximum atomic E-state index is 7.39. The molecule has 0 N–H and O–H groups in total. The number of furan rings is 1. The number of para-hydroxylation sites is 4. The predicted molar refractivity (Wildman–Crippen MR) is 224 cm³/mol. The molecule has 0 saturated heterocycles. The molecule has 1 aliphatic heterocycles. The number of halogens is 1. The van der Waals surface area contributed by atoms with Gasteiger partial charge in [0.1, 0.15) is 22.7 Å². The highest BCUT2D eigenvalue weighted by Crippen LogP contribution is 2.65. The van der Waals surface area contributed by atoms with Crippen LogP contribution in [0.1, 0.15) is 34.7 Å². The summed E-state index contributed by atoms with van der Waals surface area (Å²) in [7, 11) is 0. The standard InChI is InChI=1S/C50H34ClNO2/c1-3-4-6-17-32(2)36-30-34(31-37-35-20-9-12-27-44(35)54-49(36)37)52(33-18-7-5-8-19-33)43-26-16-24-41-48(43)47-40(23-15-25-42(47)51)50(41)38-21-10-13-28-45(38)53-46-29-14-11-22-39(46)50/h3-31H,2H2,1H3/b4-3-,17-6-. The van der Waals surface area contributed by atoms with Crippen LogP contribution in [0.15, 0.2) is 187 Å². The van der Waals surface area contributed by atoms with Gasteiger partial charge in [0.2, 0.25) is 0 Å². The van der Waals surface area contributed by atoms with Gasteiger partial charge < -0.3 is 14.1 Å². The molecule has 2 aliphatic rings. The smallest absolute Gasteiger partial charge is 0.143 e. The molecule has 0 bridgehead atoms. The van der Waals surface area contributed by atoms with E-state index in [4.69, 9.17) is 20.8 Å². The zero-order valence-electron chi connectivity index (χ0n) is 29.6. The lowest BCUT2D eigenvalue weighted by Gasteiger charge is -2.39. The molecule has 1 spiro atoms. The van der Waals surface area contributed by atoms with Crippen molar-refractivity contribution < 1.29 is 9.15 Å². The summed E-state index contributed by atoms with van der Waals surface area (Å²) in [6.07, 6.45) is 8.08. The second-order valence-corrected chi connectivity index (χ2v) is 14.2. The second-order valence-electron chi connectivity index (χ2n) is 13.8. The maximum Gasteiger partial charge on any atom is 0.143 e. The molecule has 1 aliphatic carbocycles. The molecule has 10 rings (SSSR count). The monoisotopic (exact) mass is 715 g/mol. The van der Waals surface area contributed by atoms with Crippen LogP contribution in [-0.2, 0) is 5.41 Å². The molecule has 0 fully saturated rings. The first kappa shape index (κ1) is 32.1. The van der Waals surface area contributed by atoms with Crippen LogP contribution in [-0.4, -0.2) is 0 Å². The normalized spacial score (nSPS) is 13.6. The van der Waals surface area contributed by atoms with Crippen molar-refractivity contribution in [2.75, 3.05) is 4.90 Å². The molecule has 0 radical (unpaired) electrons. The van der Waals surface area contributed by atoms with E-state index in [2.05, 4.69) is 133 Å². The third kappa shape index (κ3) is 4.62. The van der Waals surface area contributed by atoms with E-state index in [1.54, 1.807) is 0 Å². The highest BCUT2D eigenvalue weighted by Gasteiger charge is 2.52. The maximum absolute atomic E-state index is 7.39. The number of rotatable bonds is 6. The number of anilines is 3. The largest absolute Gasteiger partial charge is 0.457 e. The van der Waals surface area contributed by atoms with Crippen molar-refractivity contribution in [3.63, 3.8) is 0 Å². The molecule has 0 atom stereocenters. The summed E-state index contributed by atoms with van der Waals surface area (Å²) in [6.45, 7) is 6.54. The fraction of sp³-hybridized carbons (Fsp3) is 0.0400. The van der Waals surface area contributed by atoms with Crippen molar-refractivity contribution in [2.24, 2.45) is 0 Å². The molecule has 4 heteroatoms. The fourth-order valence-electron chi connectivity index (χ4n) is 8.67. The van der Waals surface area contributed by atoms with Gasteiger partial charge in [-0.15, -0.1) is 0 Å². The van der Waals surface area contributed by atoms with Gasteiger partial charge >= 0.3 is 0 Å². The number of hydrogen-bond acceptors (Lipinski definition) is 3. The van der Waals surface area contributed by atoms with E-state index < -0.39 is 5.41 Å². The molecule has 1 aromatic heterocycles. The van der Waals surface area contributed by atoms with Gasteiger partial charge in [0.15, 0.2) is 0 Å². The van der Waals surface area contributed by atoms with Crippen LogP contribution in [0.4, 0.5) is 17.1 Å². The van der Waals surface area contributed by atoms with Crippen molar-refractivity contribution in [1.29, 1.82) is 0 Å². The van der Waals surface area contributed by atoms with E-state index in [0.717, 1.165) is 95.0 Å². The topological polar surface area (TPSA) is 25.6 Å². The summed E-state index contributed by atoms with van der Waals surface area (Å²) in [6, 6.07) is 53.0. The van der Waals surface area contributed by atoms with Gasteiger partial charge in [-0.1, -0.05) is 140 Å². The Labute approximate surface area is 319 Å². The lowest BCUT2D eigenvalue weighted by Crippen LogP contribution is -2.32. The van der Waals surface area contributed by atoms with Crippen molar-refractivity contribution >= 4 is 56.2 Å². The zero-order chi connectivity index (χ0) is 36.4. The number of allylic oxidation sites excluding steroid dienone is 5. The van der Waals surface area contributed by atoms with E-state index in [1.807, 2.05) is 61.6 Å². The van der Waals surface area contributed by atoms with Gasteiger partial charge in [-0.05, 0) is 78.2 Å². The van der Waals surface area contributed by atoms with Crippen LogP contribution in [0, 0.1) is 0 Å². The van der Waals surface area contributed by atoms with E-state index >= 15 is 0 Å². The molecule has 0 saturated carbocycles. The average Bonchev–Trinajstić information content (AvgIpc) is 3.73. The molecule has 7 aromatic carbocycles. The minimum atomic E-state index is -0.666. The quantitative estimate of drug-likeness (QED) is 0.160. The fourth-order valence-corrected chi connectivity index (χ4v) is 8.94. The molecule has 0 amide bonds. The van der Waals surface area contributed by atoms with Gasteiger partial charge in [0.05, 0.1) is 11.1 Å². The molecule has 8 aromatic rings. The van der Waals surface area contributed by atoms with Crippen LogP contribution < -0.4 is 9.64 Å². The van der Waals surface area contributed by atoms with Crippen molar-refractivity contribution in [3.8, 4) is 22.6 Å². The number of benzene rings is 7. The van der Waals surface area contributed by atoms with Crippen LogP contribution in [0.2, 0.25) is 5.02 Å². The SMILES string of the molecule is C=C(/C=C\C=C/C)c1cc(N(c2ccccc2)c2cccc3c2-c2c(Cl)cccc2C32c3ccccc3Oc3ccccc32)cc2c1oc1ccccc12. The average molecular weight is 716 g/mol. The Morgan fingerprint density at radius 2 is 1.28 bits per heavy atom. The lowest BCUT2D eigenvalue weighted by molar-refractivity contribution is 0.436. The first-order valence-electron chi connectivity index (χ1n) is 18.2. The van der Waals surface area contributed by atoms with Crippen LogP contribution in [0.3, 0.4) is 0 Å². The molecule has 258 valence electrons. The third-order valence-electron chi connectivity index (χ3n) is 10.8. The summed E-state index contributed by atoms with van der Waals surface area (Å²) >= 11 is 7.39. The van der Waals surface area contributed by atoms with E-state index in [0.29, 0.717) is 5.02 Å². The van der Waals surface area contributed by atoms with Crippen molar-refractivity contribution in [2.45, 2.75) is 12.3 Å².